The topological polar surface area (TPSA) is 63.5 Å². The number of furan rings is 1. The van der Waals surface area contributed by atoms with E-state index < -0.39 is 17.2 Å². The van der Waals surface area contributed by atoms with E-state index in [1.165, 1.54) is 0 Å². The minimum Gasteiger partial charge on any atom is -0.465 e. The Bertz CT molecular complexity index is 444. The van der Waals surface area contributed by atoms with Crippen LogP contribution in [-0.4, -0.2) is 23.8 Å². The first-order valence-electron chi connectivity index (χ1n) is 6.85. The Hall–Kier alpha value is -1.49. The number of aryl methyl sites for hydroxylation is 1. The van der Waals surface area contributed by atoms with Crippen molar-refractivity contribution < 1.29 is 13.9 Å². The lowest BCUT2D eigenvalue weighted by atomic mass is 10.1. The Labute approximate surface area is 121 Å². The average molecular weight is 282 g/mol. The van der Waals surface area contributed by atoms with E-state index in [4.69, 9.17) is 9.15 Å². The van der Waals surface area contributed by atoms with Crippen LogP contribution in [0.1, 0.15) is 46.1 Å². The second-order valence-corrected chi connectivity index (χ2v) is 6.63. The Morgan fingerprint density at radius 1 is 1.25 bits per heavy atom. The molecule has 5 nitrogen and oxygen atoms in total. The third kappa shape index (κ3) is 6.61. The predicted molar refractivity (Wildman–Crippen MR) is 78.6 cm³/mol. The maximum Gasteiger partial charge on any atom is 0.408 e. The number of ether oxygens (including phenoxy) is 1. The highest BCUT2D eigenvalue weighted by Gasteiger charge is 2.24. The van der Waals surface area contributed by atoms with Gasteiger partial charge < -0.3 is 19.8 Å². The SMILES string of the molecule is Cc1ccc(CNCC(C)(C)NC(=O)OC(C)(C)C)o1. The number of amides is 1. The highest BCUT2D eigenvalue weighted by Crippen LogP contribution is 2.10. The molecule has 0 radical (unpaired) electrons. The lowest BCUT2D eigenvalue weighted by molar-refractivity contribution is 0.0472. The van der Waals surface area contributed by atoms with Crippen molar-refractivity contribution in [3.8, 4) is 0 Å². The van der Waals surface area contributed by atoms with Gasteiger partial charge >= 0.3 is 6.09 Å². The molecule has 1 heterocycles. The Balaban J connectivity index is 2.35. The molecule has 5 heteroatoms. The number of carbonyl (C=O) groups is 1. The van der Waals surface area contributed by atoms with Gasteiger partial charge in [0, 0.05) is 6.54 Å². The second kappa shape index (κ2) is 6.31. The molecule has 1 amide bonds. The average Bonchev–Trinajstić information content (AvgIpc) is 2.59. The van der Waals surface area contributed by atoms with Gasteiger partial charge in [-0.1, -0.05) is 0 Å². The van der Waals surface area contributed by atoms with Crippen LogP contribution in [0, 0.1) is 6.92 Å². The number of hydrogen-bond acceptors (Lipinski definition) is 4. The lowest BCUT2D eigenvalue weighted by Crippen LogP contribution is -2.51. The first-order valence-corrected chi connectivity index (χ1v) is 6.85. The van der Waals surface area contributed by atoms with E-state index in [-0.39, 0.29) is 0 Å². The fourth-order valence-electron chi connectivity index (χ4n) is 1.70. The molecule has 1 rings (SSSR count). The van der Waals surface area contributed by atoms with Crippen molar-refractivity contribution in [2.75, 3.05) is 6.54 Å². The minimum atomic E-state index is -0.487. The highest BCUT2D eigenvalue weighted by atomic mass is 16.6. The van der Waals surface area contributed by atoms with E-state index in [1.54, 1.807) is 0 Å². The number of carbonyl (C=O) groups excluding carboxylic acids is 1. The summed E-state index contributed by atoms with van der Waals surface area (Å²) in [5, 5.41) is 6.11. The molecule has 0 bridgehead atoms. The number of alkyl carbamates (subject to hydrolysis) is 1. The second-order valence-electron chi connectivity index (χ2n) is 6.63. The van der Waals surface area contributed by atoms with E-state index in [0.29, 0.717) is 13.1 Å². The van der Waals surface area contributed by atoms with E-state index in [1.807, 2.05) is 53.7 Å². The van der Waals surface area contributed by atoms with Crippen LogP contribution in [0.15, 0.2) is 16.5 Å². The zero-order valence-electron chi connectivity index (χ0n) is 13.3. The van der Waals surface area contributed by atoms with Crippen LogP contribution >= 0.6 is 0 Å². The lowest BCUT2D eigenvalue weighted by Gasteiger charge is -2.28. The van der Waals surface area contributed by atoms with Crippen molar-refractivity contribution >= 4 is 6.09 Å². The Morgan fingerprint density at radius 3 is 2.40 bits per heavy atom. The zero-order chi connectivity index (χ0) is 15.4. The summed E-state index contributed by atoms with van der Waals surface area (Å²) in [6, 6.07) is 3.87. The van der Waals surface area contributed by atoms with Crippen LogP contribution in [0.25, 0.3) is 0 Å². The molecule has 0 unspecified atom stereocenters. The largest absolute Gasteiger partial charge is 0.465 e. The van der Waals surface area contributed by atoms with E-state index in [9.17, 15) is 4.79 Å². The molecule has 0 aromatic carbocycles. The summed E-state index contributed by atoms with van der Waals surface area (Å²) < 4.78 is 10.7. The fourth-order valence-corrected chi connectivity index (χ4v) is 1.70. The van der Waals surface area contributed by atoms with Crippen molar-refractivity contribution in [1.29, 1.82) is 0 Å². The minimum absolute atomic E-state index is 0.399. The van der Waals surface area contributed by atoms with E-state index in [0.717, 1.165) is 11.5 Å². The molecular weight excluding hydrogens is 256 g/mol. The van der Waals surface area contributed by atoms with Crippen molar-refractivity contribution in [1.82, 2.24) is 10.6 Å². The summed E-state index contributed by atoms with van der Waals surface area (Å²) in [5.74, 6) is 1.78. The van der Waals surface area contributed by atoms with Gasteiger partial charge in [-0.25, -0.2) is 4.79 Å². The summed E-state index contributed by atoms with van der Waals surface area (Å²) in [7, 11) is 0. The van der Waals surface area contributed by atoms with Gasteiger partial charge in [0.25, 0.3) is 0 Å². The standard InChI is InChI=1S/C15H26N2O3/c1-11-7-8-12(19-11)9-16-10-15(5,6)17-13(18)20-14(2,3)4/h7-8,16H,9-10H2,1-6H3,(H,17,18). The summed E-state index contributed by atoms with van der Waals surface area (Å²) >= 11 is 0. The quantitative estimate of drug-likeness (QED) is 0.871. The first-order chi connectivity index (χ1) is 9.07. The number of nitrogens with one attached hydrogen (secondary N) is 2. The normalized spacial score (nSPS) is 12.3. The Morgan fingerprint density at radius 2 is 1.90 bits per heavy atom. The van der Waals surface area contributed by atoms with Crippen molar-refractivity contribution in [3.63, 3.8) is 0 Å². The van der Waals surface area contributed by atoms with Gasteiger partial charge in [-0.05, 0) is 53.7 Å². The van der Waals surface area contributed by atoms with Gasteiger partial charge in [-0.15, -0.1) is 0 Å². The zero-order valence-corrected chi connectivity index (χ0v) is 13.3. The molecule has 0 aliphatic heterocycles. The first kappa shape index (κ1) is 16.6. The molecule has 114 valence electrons. The highest BCUT2D eigenvalue weighted by molar-refractivity contribution is 5.68. The van der Waals surface area contributed by atoms with Gasteiger partial charge in [0.05, 0.1) is 12.1 Å². The van der Waals surface area contributed by atoms with Crippen LogP contribution in [-0.2, 0) is 11.3 Å². The number of hydrogen-bond donors (Lipinski definition) is 2. The van der Waals surface area contributed by atoms with Gasteiger partial charge in [0.15, 0.2) is 0 Å². The molecule has 0 atom stereocenters. The molecule has 0 aliphatic rings. The molecule has 0 aliphatic carbocycles. The van der Waals surface area contributed by atoms with E-state index in [2.05, 4.69) is 10.6 Å². The summed E-state index contributed by atoms with van der Waals surface area (Å²) in [4.78, 5) is 11.7. The summed E-state index contributed by atoms with van der Waals surface area (Å²) in [6.07, 6.45) is -0.404. The Kier molecular flexibility index (Phi) is 5.22. The maximum absolute atomic E-state index is 11.7. The molecule has 0 saturated carbocycles. The predicted octanol–water partition coefficient (Wildman–Crippen LogP) is 2.98. The molecule has 2 N–H and O–H groups in total. The van der Waals surface area contributed by atoms with Crippen molar-refractivity contribution in [2.24, 2.45) is 0 Å². The van der Waals surface area contributed by atoms with Gasteiger partial charge in [0.1, 0.15) is 17.1 Å². The van der Waals surface area contributed by atoms with Gasteiger partial charge in [-0.3, -0.25) is 0 Å². The number of rotatable bonds is 5. The maximum atomic E-state index is 11.7. The fraction of sp³-hybridized carbons (Fsp3) is 0.667. The third-order valence-electron chi connectivity index (χ3n) is 2.50. The monoisotopic (exact) mass is 282 g/mol. The smallest absolute Gasteiger partial charge is 0.408 e. The summed E-state index contributed by atoms with van der Waals surface area (Å²) in [6.45, 7) is 12.6. The van der Waals surface area contributed by atoms with Crippen molar-refractivity contribution in [3.05, 3.63) is 23.7 Å². The molecule has 0 saturated heterocycles. The van der Waals surface area contributed by atoms with Gasteiger partial charge in [0.2, 0.25) is 0 Å². The molecule has 1 aromatic rings. The van der Waals surface area contributed by atoms with Crippen LogP contribution in [0.3, 0.4) is 0 Å². The molecule has 0 spiro atoms. The molecule has 0 fully saturated rings. The molecule has 20 heavy (non-hydrogen) atoms. The van der Waals surface area contributed by atoms with E-state index >= 15 is 0 Å². The van der Waals surface area contributed by atoms with Crippen LogP contribution < -0.4 is 10.6 Å². The summed E-state index contributed by atoms with van der Waals surface area (Å²) in [5.41, 5.74) is -0.886. The molecule has 1 aromatic heterocycles. The third-order valence-corrected chi connectivity index (χ3v) is 2.50. The van der Waals surface area contributed by atoms with Crippen LogP contribution in [0.5, 0.6) is 0 Å². The van der Waals surface area contributed by atoms with Crippen LogP contribution in [0.2, 0.25) is 0 Å². The van der Waals surface area contributed by atoms with Gasteiger partial charge in [-0.2, -0.15) is 0 Å². The van der Waals surface area contributed by atoms with Crippen molar-refractivity contribution in [2.45, 2.75) is 59.2 Å². The van der Waals surface area contributed by atoms with Crippen LogP contribution in [0.4, 0.5) is 4.79 Å². The molecular formula is C15H26N2O3.